The summed E-state index contributed by atoms with van der Waals surface area (Å²) in [7, 11) is 0. The fourth-order valence-electron chi connectivity index (χ4n) is 2.31. The lowest BCUT2D eigenvalue weighted by Crippen LogP contribution is -2.19. The smallest absolute Gasteiger partial charge is 0.275 e. The lowest BCUT2D eigenvalue weighted by Gasteiger charge is -2.13. The summed E-state index contributed by atoms with van der Waals surface area (Å²) in [6.07, 6.45) is 0. The number of hydrogen-bond donors (Lipinski definition) is 2. The average molecular weight is 434 g/mol. The van der Waals surface area contributed by atoms with E-state index in [9.17, 15) is 10.1 Å². The highest BCUT2D eigenvalue weighted by atomic mass is 35.5. The topological polar surface area (TPSA) is 76.4 Å². The number of non-ortho nitro benzene ring substituents is 1. The molecule has 3 rings (SSSR count). The second-order valence-electron chi connectivity index (χ2n) is 5.59. The number of nitro benzene ring substituents is 1. The van der Waals surface area contributed by atoms with E-state index in [1.165, 1.54) is 12.1 Å². The van der Waals surface area contributed by atoms with Gasteiger partial charge in [0.05, 0.1) is 27.4 Å². The number of nitrogens with one attached hydrogen (secondary N) is 2. The van der Waals surface area contributed by atoms with Crippen LogP contribution >= 0.6 is 35.4 Å². The summed E-state index contributed by atoms with van der Waals surface area (Å²) in [4.78, 5) is 10.8. The number of thiocarbonyl (C=S) groups is 1. The second-order valence-corrected chi connectivity index (χ2v) is 6.84. The third kappa shape index (κ3) is 5.32. The van der Waals surface area contributed by atoms with Gasteiger partial charge in [0.25, 0.3) is 5.69 Å². The van der Waals surface area contributed by atoms with Crippen molar-refractivity contribution in [3.8, 4) is 11.5 Å². The first-order valence-corrected chi connectivity index (χ1v) is 9.12. The number of halogens is 2. The molecule has 2 N–H and O–H groups in total. The van der Waals surface area contributed by atoms with Crippen LogP contribution in [0.1, 0.15) is 0 Å². The molecule has 0 aliphatic carbocycles. The zero-order chi connectivity index (χ0) is 20.1. The van der Waals surface area contributed by atoms with E-state index in [2.05, 4.69) is 10.6 Å². The van der Waals surface area contributed by atoms with Gasteiger partial charge >= 0.3 is 0 Å². The summed E-state index contributed by atoms with van der Waals surface area (Å²) in [5.41, 5.74) is 0.863. The lowest BCUT2D eigenvalue weighted by atomic mass is 10.2. The van der Waals surface area contributed by atoms with E-state index in [1.54, 1.807) is 48.5 Å². The largest absolute Gasteiger partial charge is 0.457 e. The maximum Gasteiger partial charge on any atom is 0.275 e. The number of anilines is 2. The maximum atomic E-state index is 11.3. The van der Waals surface area contributed by atoms with E-state index in [0.29, 0.717) is 27.2 Å². The highest BCUT2D eigenvalue weighted by Crippen LogP contribution is 2.30. The Hall–Kier alpha value is -2.87. The molecule has 0 radical (unpaired) electrons. The van der Waals surface area contributed by atoms with Gasteiger partial charge in [-0.3, -0.25) is 10.1 Å². The molecule has 28 heavy (non-hydrogen) atoms. The standard InChI is InChI=1S/C19H13Cl2N3O3S/c20-12-5-7-15(8-6-12)27-16-10-13(9-14(11-16)24(25)26)22-19(28)23-18-4-2-1-3-17(18)21/h1-11H,(H2,22,23,28). The summed E-state index contributed by atoms with van der Waals surface area (Å²) < 4.78 is 5.70. The van der Waals surface area contributed by atoms with Crippen molar-refractivity contribution in [2.24, 2.45) is 0 Å². The molecular formula is C19H13Cl2N3O3S. The first kappa shape index (κ1) is 19.9. The van der Waals surface area contributed by atoms with Crippen molar-refractivity contribution in [1.82, 2.24) is 0 Å². The van der Waals surface area contributed by atoms with Crippen LogP contribution in [0.2, 0.25) is 10.0 Å². The SMILES string of the molecule is O=[N+]([O-])c1cc(NC(=S)Nc2ccccc2Cl)cc(Oc2ccc(Cl)cc2)c1. The monoisotopic (exact) mass is 433 g/mol. The molecule has 0 aliphatic heterocycles. The van der Waals surface area contributed by atoms with Gasteiger partial charge in [0.1, 0.15) is 11.5 Å². The number of nitro groups is 1. The minimum atomic E-state index is -0.509. The Labute approximate surface area is 176 Å². The zero-order valence-corrected chi connectivity index (χ0v) is 16.5. The Morgan fingerprint density at radius 2 is 1.68 bits per heavy atom. The Bertz CT molecular complexity index is 1030. The van der Waals surface area contributed by atoms with Gasteiger partial charge in [-0.05, 0) is 48.6 Å². The third-order valence-corrected chi connectivity index (χ3v) is 4.32. The summed E-state index contributed by atoms with van der Waals surface area (Å²) >= 11 is 17.2. The van der Waals surface area contributed by atoms with Crippen LogP contribution in [0.3, 0.4) is 0 Å². The van der Waals surface area contributed by atoms with E-state index in [-0.39, 0.29) is 16.5 Å². The summed E-state index contributed by atoms with van der Waals surface area (Å²) in [5, 5.41) is 18.4. The molecule has 3 aromatic carbocycles. The van der Waals surface area contributed by atoms with Crippen LogP contribution in [0, 0.1) is 10.1 Å². The average Bonchev–Trinajstić information content (AvgIpc) is 2.65. The molecule has 0 fully saturated rings. The van der Waals surface area contributed by atoms with Gasteiger partial charge in [-0.1, -0.05) is 35.3 Å². The van der Waals surface area contributed by atoms with E-state index in [1.807, 2.05) is 6.07 Å². The predicted molar refractivity (Wildman–Crippen MR) is 116 cm³/mol. The van der Waals surface area contributed by atoms with Gasteiger partial charge in [-0.15, -0.1) is 0 Å². The first-order chi connectivity index (χ1) is 13.4. The molecule has 0 spiro atoms. The summed E-state index contributed by atoms with van der Waals surface area (Å²) in [5.74, 6) is 0.771. The summed E-state index contributed by atoms with van der Waals surface area (Å²) in [6.45, 7) is 0. The number of rotatable bonds is 5. The number of ether oxygens (including phenoxy) is 1. The Morgan fingerprint density at radius 1 is 0.964 bits per heavy atom. The van der Waals surface area contributed by atoms with Gasteiger partial charge in [0.15, 0.2) is 5.11 Å². The van der Waals surface area contributed by atoms with Crippen LogP contribution in [0.25, 0.3) is 0 Å². The number of hydrogen-bond acceptors (Lipinski definition) is 4. The molecule has 9 heteroatoms. The Morgan fingerprint density at radius 3 is 2.36 bits per heavy atom. The van der Waals surface area contributed by atoms with Crippen molar-refractivity contribution in [3.63, 3.8) is 0 Å². The van der Waals surface area contributed by atoms with E-state index in [0.717, 1.165) is 0 Å². The highest BCUT2D eigenvalue weighted by Gasteiger charge is 2.13. The number of nitrogens with zero attached hydrogens (tertiary/aromatic N) is 1. The first-order valence-electron chi connectivity index (χ1n) is 7.96. The van der Waals surface area contributed by atoms with Gasteiger partial charge in [0, 0.05) is 17.2 Å². The second kappa shape index (κ2) is 8.88. The van der Waals surface area contributed by atoms with Crippen molar-refractivity contribution in [2.45, 2.75) is 0 Å². The fourth-order valence-corrected chi connectivity index (χ4v) is 2.84. The van der Waals surface area contributed by atoms with Gasteiger partial charge in [-0.25, -0.2) is 0 Å². The molecule has 0 heterocycles. The molecule has 0 saturated heterocycles. The van der Waals surface area contributed by atoms with Crippen LogP contribution in [0.4, 0.5) is 17.1 Å². The van der Waals surface area contributed by atoms with Crippen LogP contribution in [-0.4, -0.2) is 10.0 Å². The molecule has 0 atom stereocenters. The van der Waals surface area contributed by atoms with Crippen LogP contribution in [0.5, 0.6) is 11.5 Å². The molecule has 0 bridgehead atoms. The van der Waals surface area contributed by atoms with Crippen LogP contribution in [0.15, 0.2) is 66.7 Å². The highest BCUT2D eigenvalue weighted by molar-refractivity contribution is 7.80. The van der Waals surface area contributed by atoms with E-state index < -0.39 is 4.92 Å². The minimum absolute atomic E-state index is 0.144. The van der Waals surface area contributed by atoms with Crippen molar-refractivity contribution < 1.29 is 9.66 Å². The lowest BCUT2D eigenvalue weighted by molar-refractivity contribution is -0.384. The third-order valence-electron chi connectivity index (χ3n) is 3.53. The Balaban J connectivity index is 1.80. The molecule has 0 aromatic heterocycles. The van der Waals surface area contributed by atoms with E-state index >= 15 is 0 Å². The Kier molecular flexibility index (Phi) is 6.30. The van der Waals surface area contributed by atoms with Crippen LogP contribution < -0.4 is 15.4 Å². The van der Waals surface area contributed by atoms with Crippen molar-refractivity contribution >= 4 is 57.6 Å². The maximum absolute atomic E-state index is 11.3. The van der Waals surface area contributed by atoms with Crippen molar-refractivity contribution in [3.05, 3.63) is 86.9 Å². The molecule has 0 aliphatic rings. The molecule has 142 valence electrons. The summed E-state index contributed by atoms with van der Waals surface area (Å²) in [6, 6.07) is 18.0. The van der Waals surface area contributed by atoms with E-state index in [4.69, 9.17) is 40.2 Å². The molecular weight excluding hydrogens is 421 g/mol. The normalized spacial score (nSPS) is 10.2. The van der Waals surface area contributed by atoms with Gasteiger partial charge in [-0.2, -0.15) is 0 Å². The van der Waals surface area contributed by atoms with Crippen LogP contribution in [-0.2, 0) is 0 Å². The molecule has 0 unspecified atom stereocenters. The number of para-hydroxylation sites is 1. The van der Waals surface area contributed by atoms with Crippen molar-refractivity contribution in [2.75, 3.05) is 10.6 Å². The number of benzene rings is 3. The molecule has 3 aromatic rings. The molecule has 6 nitrogen and oxygen atoms in total. The van der Waals surface area contributed by atoms with Gasteiger partial charge in [0.2, 0.25) is 0 Å². The van der Waals surface area contributed by atoms with Crippen molar-refractivity contribution in [1.29, 1.82) is 0 Å². The quantitative estimate of drug-likeness (QED) is 0.271. The zero-order valence-electron chi connectivity index (χ0n) is 14.2. The fraction of sp³-hybridized carbons (Fsp3) is 0. The minimum Gasteiger partial charge on any atom is -0.457 e. The predicted octanol–water partition coefficient (Wildman–Crippen LogP) is 6.50. The van der Waals surface area contributed by atoms with Gasteiger partial charge < -0.3 is 15.4 Å². The molecule has 0 saturated carbocycles. The molecule has 0 amide bonds.